The van der Waals surface area contributed by atoms with E-state index in [1.54, 1.807) is 17.1 Å². The molecule has 10 heteroatoms. The van der Waals surface area contributed by atoms with Crippen molar-refractivity contribution >= 4 is 29.5 Å². The summed E-state index contributed by atoms with van der Waals surface area (Å²) in [6.45, 7) is 12.3. The van der Waals surface area contributed by atoms with Gasteiger partial charge in [0.05, 0.1) is 6.04 Å². The molecule has 1 aromatic rings. The van der Waals surface area contributed by atoms with E-state index in [-0.39, 0.29) is 53.6 Å². The number of nitrogens with zero attached hydrogens (tertiary/aromatic N) is 1. The van der Waals surface area contributed by atoms with Gasteiger partial charge < -0.3 is 26.2 Å². The Balaban J connectivity index is 1.11. The van der Waals surface area contributed by atoms with Crippen LogP contribution in [0.15, 0.2) is 49.6 Å². The first-order valence-corrected chi connectivity index (χ1v) is 19.2. The number of urea groups is 1. The number of rotatable bonds is 14. The number of carbonyl (C=O) groups excluding carboxylic acids is 5. The molecular formula is C41H55N5O5. The van der Waals surface area contributed by atoms with Crippen LogP contribution in [0.5, 0.6) is 0 Å². The van der Waals surface area contributed by atoms with E-state index in [0.29, 0.717) is 50.0 Å². The Kier molecular flexibility index (Phi) is 9.65. The summed E-state index contributed by atoms with van der Waals surface area (Å²) in [7, 11) is 0. The van der Waals surface area contributed by atoms with Crippen LogP contribution in [0.1, 0.15) is 82.8 Å². The lowest BCUT2D eigenvalue weighted by Crippen LogP contribution is -2.64. The molecule has 1 unspecified atom stereocenters. The molecule has 1 aliphatic heterocycles. The summed E-state index contributed by atoms with van der Waals surface area (Å²) in [5.41, 5.74) is 1.98. The molecular weight excluding hydrogens is 642 g/mol. The highest BCUT2D eigenvalue weighted by Gasteiger charge is 2.70. The van der Waals surface area contributed by atoms with Crippen molar-refractivity contribution in [3.05, 3.63) is 60.7 Å². The number of amides is 5. The zero-order chi connectivity index (χ0) is 36.1. The van der Waals surface area contributed by atoms with Gasteiger partial charge in [-0.05, 0) is 123 Å². The van der Waals surface area contributed by atoms with Crippen LogP contribution < -0.4 is 21.3 Å². The highest BCUT2D eigenvalue weighted by molar-refractivity contribution is 6.38. The molecule has 5 atom stereocenters. The van der Waals surface area contributed by atoms with E-state index in [4.69, 9.17) is 0 Å². The van der Waals surface area contributed by atoms with Crippen LogP contribution in [-0.2, 0) is 32.0 Å². The number of carbonyl (C=O) groups is 5. The Labute approximate surface area is 302 Å². The van der Waals surface area contributed by atoms with E-state index in [1.165, 1.54) is 30.4 Å². The fourth-order valence-corrected chi connectivity index (χ4v) is 11.2. The summed E-state index contributed by atoms with van der Waals surface area (Å²) in [5, 5.41) is 12.1. The fraction of sp³-hybridized carbons (Fsp3) is 0.634. The third-order valence-electron chi connectivity index (χ3n) is 13.4. The molecule has 4 N–H and O–H groups in total. The molecule has 6 aliphatic carbocycles. The molecule has 4 bridgehead atoms. The number of hydrogen-bond acceptors (Lipinski definition) is 5. The van der Waals surface area contributed by atoms with Gasteiger partial charge in [0.1, 0.15) is 12.1 Å². The highest BCUT2D eigenvalue weighted by atomic mass is 16.2. The maximum absolute atomic E-state index is 14.9. The topological polar surface area (TPSA) is 137 Å². The number of fused-ring (bicyclic) bond motifs is 2. The van der Waals surface area contributed by atoms with Crippen molar-refractivity contribution < 1.29 is 24.0 Å². The number of ketones is 1. The Morgan fingerprint density at radius 3 is 2.10 bits per heavy atom. The number of hydrogen-bond donors (Lipinski definition) is 4. The van der Waals surface area contributed by atoms with E-state index in [0.717, 1.165) is 19.3 Å². The number of piperidine rings is 1. The summed E-state index contributed by atoms with van der Waals surface area (Å²) < 4.78 is 0. The van der Waals surface area contributed by atoms with Crippen LogP contribution in [0, 0.1) is 40.9 Å². The Bertz CT molecular complexity index is 1540. The number of Topliss-reactive ketones (excluding diaryl/α,β-unsaturated/α-hetero) is 1. The third kappa shape index (κ3) is 6.87. The molecule has 51 heavy (non-hydrogen) atoms. The summed E-state index contributed by atoms with van der Waals surface area (Å²) in [6, 6.07) is 5.19. The highest BCUT2D eigenvalue weighted by Crippen LogP contribution is 2.65. The lowest BCUT2D eigenvalue weighted by molar-refractivity contribution is -0.144. The summed E-state index contributed by atoms with van der Waals surface area (Å²) in [5.74, 6) is -0.322. The Hall–Kier alpha value is -3.95. The average molecular weight is 698 g/mol. The lowest BCUT2D eigenvalue weighted by atomic mass is 9.53. The third-order valence-corrected chi connectivity index (χ3v) is 13.4. The Morgan fingerprint density at radius 1 is 0.902 bits per heavy atom. The summed E-state index contributed by atoms with van der Waals surface area (Å²) >= 11 is 0. The molecule has 1 saturated heterocycles. The van der Waals surface area contributed by atoms with Crippen molar-refractivity contribution in [1.82, 2.24) is 26.2 Å². The first kappa shape index (κ1) is 35.5. The molecule has 5 saturated carbocycles. The van der Waals surface area contributed by atoms with Crippen LogP contribution in [0.25, 0.3) is 0 Å². The van der Waals surface area contributed by atoms with E-state index in [2.05, 4.69) is 60.4 Å². The normalized spacial score (nSPS) is 31.8. The minimum Gasteiger partial charge on any atom is -0.349 e. The van der Waals surface area contributed by atoms with Gasteiger partial charge >= 0.3 is 6.03 Å². The van der Waals surface area contributed by atoms with E-state index in [9.17, 15) is 24.0 Å². The minimum absolute atomic E-state index is 0.0969. The first-order valence-electron chi connectivity index (χ1n) is 19.2. The summed E-state index contributed by atoms with van der Waals surface area (Å²) in [6.07, 6.45) is 12.6. The molecule has 6 fully saturated rings. The smallest absolute Gasteiger partial charge is 0.315 e. The number of benzene rings is 1. The second-order valence-corrected chi connectivity index (χ2v) is 17.2. The van der Waals surface area contributed by atoms with Gasteiger partial charge in [-0.25, -0.2) is 4.79 Å². The maximum Gasteiger partial charge on any atom is 0.315 e. The molecule has 0 radical (unpaired) electrons. The standard InChI is InChI=1S/C41H55N5O5/c1-5-7-13-31(35(47)37(49)42-14-8-6-2)43-36(48)34-32-30(40(32,3)4)23-46(34)38(50)33(29-18-27-11-9-10-12-28(27)19-29)44-39(51)45-41-20-24-15-25(21-41)17-26(16-24)22-41/h5-6,9-12,24-26,29-34H,1-2,7-8,13-23H2,3-4H3,(H,42,49)(H,43,48)(H2,44,45,51)/t24?,25?,26?,30-,31?,32-,33-,34-,41?/m0/s1. The van der Waals surface area contributed by atoms with Gasteiger partial charge in [-0.2, -0.15) is 0 Å². The molecule has 7 aliphatic rings. The van der Waals surface area contributed by atoms with Crippen molar-refractivity contribution in [1.29, 1.82) is 0 Å². The van der Waals surface area contributed by atoms with Gasteiger partial charge in [-0.3, -0.25) is 19.2 Å². The van der Waals surface area contributed by atoms with Gasteiger partial charge in [0.2, 0.25) is 17.6 Å². The second kappa shape index (κ2) is 13.9. The van der Waals surface area contributed by atoms with Crippen molar-refractivity contribution in [2.75, 3.05) is 13.1 Å². The SMILES string of the molecule is C=CCCNC(=O)C(=O)C(CCC=C)NC(=O)[C@@H]1[C@@H]2[C@H](CN1C(=O)[C@@H](NC(=O)NC13CC4CC(CC(C4)C1)C3)C1Cc3ccccc3C1)C2(C)C. The Morgan fingerprint density at radius 2 is 1.51 bits per heavy atom. The molecule has 5 amide bonds. The van der Waals surface area contributed by atoms with E-state index in [1.807, 2.05) is 12.1 Å². The predicted octanol–water partition coefficient (Wildman–Crippen LogP) is 4.23. The first-order chi connectivity index (χ1) is 24.4. The van der Waals surface area contributed by atoms with E-state index < -0.39 is 35.7 Å². The van der Waals surface area contributed by atoms with Crippen molar-refractivity contribution in [3.63, 3.8) is 0 Å². The van der Waals surface area contributed by atoms with Crippen molar-refractivity contribution in [2.45, 2.75) is 108 Å². The van der Waals surface area contributed by atoms with Crippen LogP contribution in [0.2, 0.25) is 0 Å². The number of likely N-dealkylation sites (tertiary alicyclic amines) is 1. The van der Waals surface area contributed by atoms with Crippen molar-refractivity contribution in [3.8, 4) is 0 Å². The molecule has 1 aromatic carbocycles. The molecule has 8 rings (SSSR count). The quantitative estimate of drug-likeness (QED) is 0.131. The zero-order valence-electron chi connectivity index (χ0n) is 30.3. The number of allylic oxidation sites excluding steroid dienone is 1. The monoisotopic (exact) mass is 697 g/mol. The lowest BCUT2D eigenvalue weighted by Gasteiger charge is -2.56. The zero-order valence-corrected chi connectivity index (χ0v) is 30.3. The molecule has 1 heterocycles. The van der Waals surface area contributed by atoms with Gasteiger partial charge in [0, 0.05) is 18.6 Å². The predicted molar refractivity (Wildman–Crippen MR) is 194 cm³/mol. The van der Waals surface area contributed by atoms with Gasteiger partial charge in [-0.1, -0.05) is 50.3 Å². The largest absolute Gasteiger partial charge is 0.349 e. The van der Waals surface area contributed by atoms with Crippen LogP contribution in [0.4, 0.5) is 4.79 Å². The fourth-order valence-electron chi connectivity index (χ4n) is 11.2. The molecule has 0 aromatic heterocycles. The second-order valence-electron chi connectivity index (χ2n) is 17.2. The average Bonchev–Trinajstić information content (AvgIpc) is 3.44. The van der Waals surface area contributed by atoms with E-state index >= 15 is 0 Å². The molecule has 274 valence electrons. The summed E-state index contributed by atoms with van der Waals surface area (Å²) in [4.78, 5) is 70.8. The van der Waals surface area contributed by atoms with Gasteiger partial charge in [0.25, 0.3) is 5.91 Å². The number of nitrogens with one attached hydrogen (secondary N) is 4. The van der Waals surface area contributed by atoms with Gasteiger partial charge in [0.15, 0.2) is 0 Å². The van der Waals surface area contributed by atoms with Crippen LogP contribution >= 0.6 is 0 Å². The minimum atomic E-state index is -1.05. The molecule has 0 spiro atoms. The van der Waals surface area contributed by atoms with Crippen molar-refractivity contribution in [2.24, 2.45) is 40.9 Å². The van der Waals surface area contributed by atoms with Gasteiger partial charge in [-0.15, -0.1) is 13.2 Å². The van der Waals surface area contributed by atoms with Crippen LogP contribution in [0.3, 0.4) is 0 Å². The molecule has 10 nitrogen and oxygen atoms in total. The maximum atomic E-state index is 14.9. The van der Waals surface area contributed by atoms with Crippen LogP contribution in [-0.4, -0.2) is 71.2 Å².